The maximum atomic E-state index is 9.95. The van der Waals surface area contributed by atoms with Crippen LogP contribution in [0.15, 0.2) is 0 Å². The molecule has 0 aliphatic heterocycles. The van der Waals surface area contributed by atoms with Crippen LogP contribution in [0.4, 0.5) is 0 Å². The summed E-state index contributed by atoms with van der Waals surface area (Å²) in [5.41, 5.74) is 0. The van der Waals surface area contributed by atoms with Crippen molar-refractivity contribution >= 4 is 7.82 Å². The summed E-state index contributed by atoms with van der Waals surface area (Å²) < 4.78 is 18.8. The van der Waals surface area contributed by atoms with E-state index < -0.39 is 7.82 Å². The predicted molar refractivity (Wildman–Crippen MR) is 96.4 cm³/mol. The summed E-state index contributed by atoms with van der Waals surface area (Å²) in [6.07, 6.45) is 14.4. The van der Waals surface area contributed by atoms with Gasteiger partial charge in [0.15, 0.2) is 0 Å². The van der Waals surface area contributed by atoms with Gasteiger partial charge in [0.05, 0.1) is 27.7 Å². The fraction of sp³-hybridized carbons (Fsp3) is 1.00. The molecule has 0 heterocycles. The van der Waals surface area contributed by atoms with E-state index in [1.165, 1.54) is 70.8 Å². The van der Waals surface area contributed by atoms with Crippen LogP contribution in [0.3, 0.4) is 0 Å². The second kappa shape index (κ2) is 15.6. The number of rotatable bonds is 13. The summed E-state index contributed by atoms with van der Waals surface area (Å²) in [5.74, 6) is 0. The standard InChI is InChI=1S/C15H34N.C2H7O4P/c1-5-6-7-8-9-10-11-12-13-14-15-16(2,3)4;1-5-7(3,4)6-2/h5-15H2,1-4H3;1-2H3,(H,3,4)/q+1;/p-1. The first-order valence-electron chi connectivity index (χ1n) is 8.91. The molecule has 0 aliphatic rings. The molecule has 5 nitrogen and oxygen atoms in total. The van der Waals surface area contributed by atoms with E-state index in [0.717, 1.165) is 18.7 Å². The van der Waals surface area contributed by atoms with Crippen LogP contribution in [0.1, 0.15) is 71.1 Å². The van der Waals surface area contributed by atoms with Gasteiger partial charge in [-0.2, -0.15) is 0 Å². The van der Waals surface area contributed by atoms with Crippen LogP contribution in [0.2, 0.25) is 0 Å². The molecule has 23 heavy (non-hydrogen) atoms. The second-order valence-electron chi connectivity index (χ2n) is 7.01. The highest BCUT2D eigenvalue weighted by molar-refractivity contribution is 7.45. The van der Waals surface area contributed by atoms with Gasteiger partial charge in [0, 0.05) is 14.2 Å². The van der Waals surface area contributed by atoms with Gasteiger partial charge in [0.1, 0.15) is 0 Å². The van der Waals surface area contributed by atoms with E-state index in [4.69, 9.17) is 0 Å². The van der Waals surface area contributed by atoms with Gasteiger partial charge in [0.2, 0.25) is 0 Å². The van der Waals surface area contributed by atoms with Gasteiger partial charge in [-0.05, 0) is 12.8 Å². The molecule has 0 unspecified atom stereocenters. The van der Waals surface area contributed by atoms with Crippen molar-refractivity contribution in [1.82, 2.24) is 0 Å². The average molecular weight is 353 g/mol. The Morgan fingerprint density at radius 1 is 0.783 bits per heavy atom. The van der Waals surface area contributed by atoms with Gasteiger partial charge in [0.25, 0.3) is 7.82 Å². The molecule has 0 atom stereocenters. The zero-order chi connectivity index (χ0) is 18.2. The summed E-state index contributed by atoms with van der Waals surface area (Å²) >= 11 is 0. The Hall–Kier alpha value is 0.0700. The summed E-state index contributed by atoms with van der Waals surface area (Å²) in [6.45, 7) is 3.62. The molecule has 0 aromatic rings. The first kappa shape index (κ1) is 25.3. The molecule has 142 valence electrons. The third kappa shape index (κ3) is 24.4. The average Bonchev–Trinajstić information content (AvgIpc) is 2.49. The highest BCUT2D eigenvalue weighted by atomic mass is 31.2. The first-order valence-corrected chi connectivity index (χ1v) is 10.4. The van der Waals surface area contributed by atoms with Crippen LogP contribution >= 0.6 is 7.82 Å². The van der Waals surface area contributed by atoms with Crippen LogP contribution < -0.4 is 4.89 Å². The number of phosphoric acid groups is 1. The summed E-state index contributed by atoms with van der Waals surface area (Å²) in [6, 6.07) is 0. The highest BCUT2D eigenvalue weighted by Crippen LogP contribution is 2.34. The maximum Gasteiger partial charge on any atom is 0.267 e. The van der Waals surface area contributed by atoms with Gasteiger partial charge >= 0.3 is 0 Å². The number of phosphoric ester groups is 1. The van der Waals surface area contributed by atoms with Gasteiger partial charge in [-0.25, -0.2) is 0 Å². The Morgan fingerprint density at radius 3 is 1.39 bits per heavy atom. The number of hydrogen-bond acceptors (Lipinski definition) is 4. The molecular weight excluding hydrogens is 313 g/mol. The first-order chi connectivity index (χ1) is 10.7. The molecule has 0 spiro atoms. The van der Waals surface area contributed by atoms with Crippen molar-refractivity contribution in [1.29, 1.82) is 0 Å². The van der Waals surface area contributed by atoms with E-state index in [2.05, 4.69) is 37.1 Å². The molecule has 0 fully saturated rings. The van der Waals surface area contributed by atoms with Crippen molar-refractivity contribution in [2.45, 2.75) is 71.1 Å². The zero-order valence-electron chi connectivity index (χ0n) is 16.3. The van der Waals surface area contributed by atoms with Crippen molar-refractivity contribution in [3.8, 4) is 0 Å². The lowest BCUT2D eigenvalue weighted by atomic mass is 10.1. The minimum absolute atomic E-state index is 1.04. The highest BCUT2D eigenvalue weighted by Gasteiger charge is 2.04. The molecule has 0 saturated heterocycles. The zero-order valence-corrected chi connectivity index (χ0v) is 17.2. The summed E-state index contributed by atoms with van der Waals surface area (Å²) in [7, 11) is 5.03. The molecule has 0 saturated carbocycles. The molecule has 0 rings (SSSR count). The lowest BCUT2D eigenvalue weighted by molar-refractivity contribution is -0.870. The topological polar surface area (TPSA) is 58.6 Å². The van der Waals surface area contributed by atoms with E-state index in [-0.39, 0.29) is 0 Å². The summed E-state index contributed by atoms with van der Waals surface area (Å²) in [5, 5.41) is 0. The van der Waals surface area contributed by atoms with Crippen LogP contribution in [-0.4, -0.2) is 46.4 Å². The van der Waals surface area contributed by atoms with Gasteiger partial charge in [-0.1, -0.05) is 58.3 Å². The molecule has 0 N–H and O–H groups in total. The fourth-order valence-corrected chi connectivity index (χ4v) is 2.30. The van der Waals surface area contributed by atoms with E-state index >= 15 is 0 Å². The summed E-state index contributed by atoms with van der Waals surface area (Å²) in [4.78, 5) is 9.95. The van der Waals surface area contributed by atoms with Gasteiger partial charge in [-0.15, -0.1) is 0 Å². The second-order valence-corrected chi connectivity index (χ2v) is 8.63. The Bertz CT molecular complexity index is 285. The molecule has 0 aromatic carbocycles. The normalized spacial score (nSPS) is 12.0. The molecule has 0 amide bonds. The number of hydrogen-bond donors (Lipinski definition) is 0. The van der Waals surface area contributed by atoms with Crippen molar-refractivity contribution < 1.29 is 23.0 Å². The van der Waals surface area contributed by atoms with Crippen molar-refractivity contribution in [3.05, 3.63) is 0 Å². The molecule has 0 radical (unpaired) electrons. The van der Waals surface area contributed by atoms with Crippen molar-refractivity contribution in [3.63, 3.8) is 0 Å². The van der Waals surface area contributed by atoms with E-state index in [9.17, 15) is 9.46 Å². The third-order valence-corrected chi connectivity index (χ3v) is 4.52. The van der Waals surface area contributed by atoms with Gasteiger partial charge < -0.3 is 18.4 Å². The number of unbranched alkanes of at least 4 members (excludes halogenated alkanes) is 9. The smallest absolute Gasteiger partial charge is 0.267 e. The van der Waals surface area contributed by atoms with E-state index in [1.807, 2.05) is 0 Å². The lowest BCUT2D eigenvalue weighted by Crippen LogP contribution is -2.35. The van der Waals surface area contributed by atoms with E-state index in [1.54, 1.807) is 0 Å². The molecule has 6 heteroatoms. The minimum atomic E-state index is -3.90. The molecule has 0 aliphatic carbocycles. The Labute approximate surface area is 144 Å². The minimum Gasteiger partial charge on any atom is -0.756 e. The number of quaternary nitrogens is 1. The number of nitrogens with zero attached hydrogens (tertiary/aromatic N) is 1. The third-order valence-electron chi connectivity index (χ3n) is 3.63. The molecule has 0 aromatic heterocycles. The Balaban J connectivity index is 0. The quantitative estimate of drug-likeness (QED) is 0.280. The largest absolute Gasteiger partial charge is 0.756 e. The Kier molecular flexibility index (Phi) is 17.2. The molecule has 0 bridgehead atoms. The van der Waals surface area contributed by atoms with Crippen LogP contribution in [-0.2, 0) is 13.6 Å². The van der Waals surface area contributed by atoms with Crippen LogP contribution in [0.25, 0.3) is 0 Å². The monoisotopic (exact) mass is 353 g/mol. The fourth-order valence-electron chi connectivity index (χ4n) is 2.15. The maximum absolute atomic E-state index is 9.95. The molecular formula is C17H40NO4P. The van der Waals surface area contributed by atoms with Gasteiger partial charge in [-0.3, -0.25) is 4.57 Å². The van der Waals surface area contributed by atoms with Crippen molar-refractivity contribution in [2.24, 2.45) is 0 Å². The van der Waals surface area contributed by atoms with Crippen molar-refractivity contribution in [2.75, 3.05) is 41.9 Å². The SMILES string of the molecule is CCCCCCCCCCCC[N+](C)(C)C.COP(=O)([O-])OC. The van der Waals surface area contributed by atoms with Crippen LogP contribution in [0, 0.1) is 0 Å². The van der Waals surface area contributed by atoms with Crippen LogP contribution in [0.5, 0.6) is 0 Å². The Morgan fingerprint density at radius 2 is 1.13 bits per heavy atom. The predicted octanol–water partition coefficient (Wildman–Crippen LogP) is 4.36. The lowest BCUT2D eigenvalue weighted by Gasteiger charge is -2.23. The van der Waals surface area contributed by atoms with E-state index in [0.29, 0.717) is 0 Å².